The maximum atomic E-state index is 11.4. The van der Waals surface area contributed by atoms with E-state index in [0.29, 0.717) is 4.74 Å². The molecule has 0 spiro atoms. The number of hydrogen-bond donors (Lipinski definition) is 0. The van der Waals surface area contributed by atoms with Gasteiger partial charge in [0.25, 0.3) is 0 Å². The van der Waals surface area contributed by atoms with Crippen molar-refractivity contribution in [3.05, 3.63) is 41.1 Å². The van der Waals surface area contributed by atoms with Gasteiger partial charge in [-0.05, 0) is 0 Å². The third-order valence-corrected chi connectivity index (χ3v) is 2.02. The average Bonchev–Trinajstić information content (AvgIpc) is 2.29. The Morgan fingerprint density at radius 1 is 1.50 bits per heavy atom. The molecular formula is C11H14N2O3. The largest absolute Gasteiger partial charge is 0.623 e. The second-order valence-electron chi connectivity index (χ2n) is 3.21. The highest BCUT2D eigenvalue weighted by Gasteiger charge is 2.09. The number of carbonyl (C=O) groups is 1. The third kappa shape index (κ3) is 3.70. The van der Waals surface area contributed by atoms with Gasteiger partial charge in [0.2, 0.25) is 6.21 Å². The van der Waals surface area contributed by atoms with Gasteiger partial charge in [-0.1, -0.05) is 30.3 Å². The van der Waals surface area contributed by atoms with Gasteiger partial charge in [0, 0.05) is 12.6 Å². The van der Waals surface area contributed by atoms with Gasteiger partial charge in [0.05, 0.1) is 7.11 Å². The van der Waals surface area contributed by atoms with Crippen LogP contribution in [-0.4, -0.2) is 36.1 Å². The normalized spacial score (nSPS) is 11.2. The summed E-state index contributed by atoms with van der Waals surface area (Å²) in [7, 11) is 2.80. The van der Waals surface area contributed by atoms with E-state index < -0.39 is 5.91 Å². The summed E-state index contributed by atoms with van der Waals surface area (Å²) in [6, 6.07) is 9.19. The lowest BCUT2D eigenvalue weighted by atomic mass is 10.2. The molecule has 1 aromatic carbocycles. The van der Waals surface area contributed by atoms with E-state index in [-0.39, 0.29) is 6.54 Å². The predicted molar refractivity (Wildman–Crippen MR) is 59.6 cm³/mol. The Balaban J connectivity index is 2.62. The smallest absolute Gasteiger partial charge is 0.334 e. The van der Waals surface area contributed by atoms with Crippen LogP contribution in [-0.2, 0) is 16.2 Å². The number of carbonyl (C=O) groups excluding carboxylic acids is 1. The first kappa shape index (κ1) is 12.2. The van der Waals surface area contributed by atoms with Gasteiger partial charge in [-0.2, -0.15) is 0 Å². The van der Waals surface area contributed by atoms with Crippen molar-refractivity contribution >= 4 is 12.1 Å². The van der Waals surface area contributed by atoms with Gasteiger partial charge >= 0.3 is 5.91 Å². The molecule has 86 valence electrons. The topological polar surface area (TPSA) is 55.6 Å². The summed E-state index contributed by atoms with van der Waals surface area (Å²) in [6.45, 7) is 0.143. The van der Waals surface area contributed by atoms with Gasteiger partial charge < -0.3 is 5.21 Å². The minimum absolute atomic E-state index is 0.143. The van der Waals surface area contributed by atoms with Crippen molar-refractivity contribution < 1.29 is 14.4 Å². The molecule has 0 radical (unpaired) electrons. The lowest BCUT2D eigenvalue weighted by Gasteiger charge is -2.10. The van der Waals surface area contributed by atoms with E-state index in [2.05, 4.69) is 4.84 Å². The van der Waals surface area contributed by atoms with Crippen molar-refractivity contribution in [1.29, 1.82) is 0 Å². The summed E-state index contributed by atoms with van der Waals surface area (Å²) in [5.74, 6) is -0.492. The number of benzene rings is 1. The fourth-order valence-corrected chi connectivity index (χ4v) is 1.10. The third-order valence-electron chi connectivity index (χ3n) is 2.02. The average molecular weight is 222 g/mol. The molecule has 0 aliphatic rings. The van der Waals surface area contributed by atoms with Crippen LogP contribution in [0, 0.1) is 5.21 Å². The Labute approximate surface area is 94.1 Å². The summed E-state index contributed by atoms with van der Waals surface area (Å²) < 4.78 is 0.577. The molecule has 0 heterocycles. The minimum Gasteiger partial charge on any atom is -0.623 e. The predicted octanol–water partition coefficient (Wildman–Crippen LogP) is 0.787. The lowest BCUT2D eigenvalue weighted by Crippen LogP contribution is -2.29. The monoisotopic (exact) mass is 222 g/mol. The molecule has 1 rings (SSSR count). The number of hydroxylamine groups is 3. The molecule has 0 saturated carbocycles. The fourth-order valence-electron chi connectivity index (χ4n) is 1.10. The summed E-state index contributed by atoms with van der Waals surface area (Å²) in [5.41, 5.74) is 0.849. The molecule has 0 N–H and O–H groups in total. The summed E-state index contributed by atoms with van der Waals surface area (Å²) >= 11 is 0. The Morgan fingerprint density at radius 3 is 2.69 bits per heavy atom. The van der Waals surface area contributed by atoms with Gasteiger partial charge in [-0.25, -0.2) is 9.80 Å². The molecule has 1 amide bonds. The molecule has 0 bridgehead atoms. The van der Waals surface area contributed by atoms with Crippen molar-refractivity contribution in [3.8, 4) is 0 Å². The number of rotatable bonds is 4. The van der Waals surface area contributed by atoms with Crippen LogP contribution < -0.4 is 0 Å². The summed E-state index contributed by atoms with van der Waals surface area (Å²) in [6.07, 6.45) is 0.955. The van der Waals surface area contributed by atoms with E-state index in [0.717, 1.165) is 16.8 Å². The van der Waals surface area contributed by atoms with Gasteiger partial charge in [0.1, 0.15) is 0 Å². The van der Waals surface area contributed by atoms with Crippen LogP contribution in [0.3, 0.4) is 0 Å². The SMILES string of the molecule is CON(C)C(=O)/C=[N+](\[O-])Cc1ccccc1. The molecule has 16 heavy (non-hydrogen) atoms. The van der Waals surface area contributed by atoms with Crippen molar-refractivity contribution in [2.75, 3.05) is 14.2 Å². The number of amides is 1. The number of hydrogen-bond acceptors (Lipinski definition) is 3. The zero-order valence-electron chi connectivity index (χ0n) is 9.29. The quantitative estimate of drug-likeness (QED) is 0.327. The Hall–Kier alpha value is -1.88. The molecular weight excluding hydrogens is 208 g/mol. The Kier molecular flexibility index (Phi) is 4.47. The molecule has 0 saturated heterocycles. The number of nitrogens with zero attached hydrogens (tertiary/aromatic N) is 2. The Morgan fingerprint density at radius 2 is 2.12 bits per heavy atom. The maximum absolute atomic E-state index is 11.4. The van der Waals surface area contributed by atoms with Crippen LogP contribution in [0.15, 0.2) is 30.3 Å². The molecule has 1 aromatic rings. The molecule has 0 aliphatic heterocycles. The van der Waals surface area contributed by atoms with Crippen LogP contribution >= 0.6 is 0 Å². The van der Waals surface area contributed by atoms with Crippen molar-refractivity contribution in [3.63, 3.8) is 0 Å². The molecule has 0 atom stereocenters. The first-order valence-corrected chi connectivity index (χ1v) is 4.78. The zero-order chi connectivity index (χ0) is 12.0. The zero-order valence-corrected chi connectivity index (χ0v) is 9.29. The van der Waals surface area contributed by atoms with Crippen molar-refractivity contribution in [1.82, 2.24) is 5.06 Å². The highest BCUT2D eigenvalue weighted by molar-refractivity contribution is 6.23. The minimum atomic E-state index is -0.492. The fraction of sp³-hybridized carbons (Fsp3) is 0.273. The molecule has 5 nitrogen and oxygen atoms in total. The standard InChI is InChI=1S/C11H14N2O3/c1-12(16-2)11(14)9-13(15)8-10-6-4-3-5-7-10/h3-7,9H,8H2,1-2H3/b13-9-. The highest BCUT2D eigenvalue weighted by atomic mass is 16.7. The highest BCUT2D eigenvalue weighted by Crippen LogP contribution is 1.99. The van der Waals surface area contributed by atoms with E-state index in [1.807, 2.05) is 30.3 Å². The first-order valence-electron chi connectivity index (χ1n) is 4.78. The van der Waals surface area contributed by atoms with Crippen LogP contribution in [0.5, 0.6) is 0 Å². The van der Waals surface area contributed by atoms with Crippen LogP contribution in [0.4, 0.5) is 0 Å². The Bertz CT molecular complexity index is 376. The summed E-state index contributed by atoms with van der Waals surface area (Å²) in [4.78, 5) is 15.9. The van der Waals surface area contributed by atoms with Gasteiger partial charge in [-0.15, -0.1) is 0 Å². The van der Waals surface area contributed by atoms with Gasteiger partial charge in [0.15, 0.2) is 6.54 Å². The second kappa shape index (κ2) is 5.87. The van der Waals surface area contributed by atoms with E-state index in [4.69, 9.17) is 0 Å². The maximum Gasteiger partial charge on any atom is 0.334 e. The molecule has 0 aliphatic carbocycles. The van der Waals surface area contributed by atoms with Crippen molar-refractivity contribution in [2.45, 2.75) is 6.54 Å². The van der Waals surface area contributed by atoms with E-state index >= 15 is 0 Å². The van der Waals surface area contributed by atoms with Crippen LogP contribution in [0.2, 0.25) is 0 Å². The van der Waals surface area contributed by atoms with Gasteiger partial charge in [-0.3, -0.25) is 9.63 Å². The molecule has 0 unspecified atom stereocenters. The van der Waals surface area contributed by atoms with E-state index in [9.17, 15) is 10.0 Å². The van der Waals surface area contributed by atoms with E-state index in [1.54, 1.807) is 0 Å². The van der Waals surface area contributed by atoms with E-state index in [1.165, 1.54) is 14.2 Å². The summed E-state index contributed by atoms with van der Waals surface area (Å²) in [5, 5.41) is 12.4. The molecule has 0 fully saturated rings. The molecule has 0 aromatic heterocycles. The second-order valence-corrected chi connectivity index (χ2v) is 3.21. The van der Waals surface area contributed by atoms with Crippen LogP contribution in [0.25, 0.3) is 0 Å². The first-order chi connectivity index (χ1) is 7.63. The lowest BCUT2D eigenvalue weighted by molar-refractivity contribution is -0.469. The van der Waals surface area contributed by atoms with Crippen molar-refractivity contribution in [2.24, 2.45) is 0 Å². The molecule has 5 heteroatoms. The van der Waals surface area contributed by atoms with Crippen LogP contribution in [0.1, 0.15) is 5.56 Å².